The summed E-state index contributed by atoms with van der Waals surface area (Å²) in [5.74, 6) is 0.189. The topological polar surface area (TPSA) is 59.0 Å². The molecule has 2 rings (SSSR count). The van der Waals surface area contributed by atoms with Gasteiger partial charge in [0, 0.05) is 19.8 Å². The number of amides is 1. The molecule has 2 N–H and O–H groups in total. The van der Waals surface area contributed by atoms with Crippen molar-refractivity contribution < 1.29 is 4.79 Å². The van der Waals surface area contributed by atoms with Crippen LogP contribution in [0.4, 0.5) is 5.69 Å². The highest BCUT2D eigenvalue weighted by molar-refractivity contribution is 5.92. The minimum atomic E-state index is 0. The molecule has 1 fully saturated rings. The Bertz CT molecular complexity index is 346. The molecule has 1 unspecified atom stereocenters. The van der Waals surface area contributed by atoms with Crippen molar-refractivity contribution in [3.63, 3.8) is 0 Å². The Balaban J connectivity index is 0.00000128. The minimum absolute atomic E-state index is 0. The number of nitrogens with one attached hydrogen (secondary N) is 2. The number of aromatic nitrogens is 2. The molecule has 0 bridgehead atoms. The summed E-state index contributed by atoms with van der Waals surface area (Å²) in [6.07, 6.45) is 5.51. The molecule has 0 aliphatic carbocycles. The van der Waals surface area contributed by atoms with Crippen LogP contribution < -0.4 is 10.6 Å². The fraction of sp³-hybridized carbons (Fsp3) is 0.600. The number of carbonyl (C=O) groups excluding carboxylic acids is 1. The van der Waals surface area contributed by atoms with Gasteiger partial charge >= 0.3 is 0 Å². The van der Waals surface area contributed by atoms with E-state index in [0.29, 0.717) is 0 Å². The molecule has 1 atom stereocenters. The van der Waals surface area contributed by atoms with Crippen molar-refractivity contribution in [2.24, 2.45) is 13.0 Å². The van der Waals surface area contributed by atoms with Gasteiger partial charge < -0.3 is 10.6 Å². The van der Waals surface area contributed by atoms with Gasteiger partial charge in [-0.15, -0.1) is 12.4 Å². The fourth-order valence-electron chi connectivity index (χ4n) is 1.81. The Morgan fingerprint density at radius 2 is 2.50 bits per heavy atom. The summed E-state index contributed by atoms with van der Waals surface area (Å²) >= 11 is 0. The molecule has 0 radical (unpaired) electrons. The van der Waals surface area contributed by atoms with Crippen molar-refractivity contribution >= 4 is 24.0 Å². The van der Waals surface area contributed by atoms with Crippen LogP contribution in [-0.4, -0.2) is 28.8 Å². The molecule has 1 aromatic heterocycles. The highest BCUT2D eigenvalue weighted by Gasteiger charge is 2.20. The number of aryl methyl sites for hydroxylation is 1. The Hall–Kier alpha value is -1.07. The van der Waals surface area contributed by atoms with Crippen LogP contribution >= 0.6 is 12.4 Å². The monoisotopic (exact) mass is 244 g/mol. The zero-order valence-corrected chi connectivity index (χ0v) is 10.1. The Morgan fingerprint density at radius 3 is 3.06 bits per heavy atom. The maximum atomic E-state index is 11.8. The van der Waals surface area contributed by atoms with E-state index in [1.165, 1.54) is 0 Å². The second-order valence-corrected chi connectivity index (χ2v) is 3.94. The molecule has 90 valence electrons. The molecule has 5 nitrogen and oxygen atoms in total. The third-order valence-electron chi connectivity index (χ3n) is 2.64. The maximum absolute atomic E-state index is 11.8. The molecule has 1 amide bonds. The van der Waals surface area contributed by atoms with Crippen molar-refractivity contribution in [1.82, 2.24) is 15.1 Å². The lowest BCUT2D eigenvalue weighted by molar-refractivity contribution is -0.120. The smallest absolute Gasteiger partial charge is 0.228 e. The normalized spacial score (nSPS) is 19.9. The number of hydrogen-bond acceptors (Lipinski definition) is 3. The molecule has 1 saturated heterocycles. The summed E-state index contributed by atoms with van der Waals surface area (Å²) in [6, 6.07) is 0. The largest absolute Gasteiger partial charge is 0.323 e. The van der Waals surface area contributed by atoms with E-state index in [-0.39, 0.29) is 24.2 Å². The van der Waals surface area contributed by atoms with Crippen molar-refractivity contribution in [2.45, 2.75) is 12.8 Å². The lowest BCUT2D eigenvalue weighted by Crippen LogP contribution is -2.37. The van der Waals surface area contributed by atoms with E-state index in [1.54, 1.807) is 17.1 Å². The van der Waals surface area contributed by atoms with Crippen molar-refractivity contribution in [2.75, 3.05) is 18.4 Å². The summed E-state index contributed by atoms with van der Waals surface area (Å²) in [5.41, 5.74) is 0.771. The first-order chi connectivity index (χ1) is 7.25. The highest BCUT2D eigenvalue weighted by Crippen LogP contribution is 2.13. The third-order valence-corrected chi connectivity index (χ3v) is 2.64. The standard InChI is InChI=1S/C10H16N4O.ClH/c1-14-7-9(6-12-14)13-10(15)8-3-2-4-11-5-8;/h6-8,11H,2-5H2,1H3,(H,13,15);1H. The first kappa shape index (κ1) is 13.0. The predicted molar refractivity (Wildman–Crippen MR) is 64.7 cm³/mol. The molecule has 0 aromatic carbocycles. The first-order valence-electron chi connectivity index (χ1n) is 5.26. The van der Waals surface area contributed by atoms with Gasteiger partial charge in [0.2, 0.25) is 5.91 Å². The number of nitrogens with zero attached hydrogens (tertiary/aromatic N) is 2. The molecule has 1 aromatic rings. The van der Waals surface area contributed by atoms with Gasteiger partial charge in [-0.2, -0.15) is 5.10 Å². The van der Waals surface area contributed by atoms with Crippen LogP contribution in [0.2, 0.25) is 0 Å². The number of rotatable bonds is 2. The fourth-order valence-corrected chi connectivity index (χ4v) is 1.81. The summed E-state index contributed by atoms with van der Waals surface area (Å²) < 4.78 is 1.68. The van der Waals surface area contributed by atoms with Gasteiger partial charge in [-0.25, -0.2) is 0 Å². The van der Waals surface area contributed by atoms with Crippen molar-refractivity contribution in [3.05, 3.63) is 12.4 Å². The molecule has 2 heterocycles. The molecule has 6 heteroatoms. The lowest BCUT2D eigenvalue weighted by Gasteiger charge is -2.21. The van der Waals surface area contributed by atoms with E-state index in [0.717, 1.165) is 31.6 Å². The summed E-state index contributed by atoms with van der Waals surface area (Å²) in [4.78, 5) is 11.8. The second kappa shape index (κ2) is 5.86. The van der Waals surface area contributed by atoms with Crippen LogP contribution in [0, 0.1) is 5.92 Å². The van der Waals surface area contributed by atoms with E-state index in [2.05, 4.69) is 15.7 Å². The Morgan fingerprint density at radius 1 is 1.69 bits per heavy atom. The van der Waals surface area contributed by atoms with Gasteiger partial charge in [-0.1, -0.05) is 0 Å². The number of carbonyl (C=O) groups is 1. The third kappa shape index (κ3) is 3.21. The van der Waals surface area contributed by atoms with Crippen LogP contribution in [0.3, 0.4) is 0 Å². The van der Waals surface area contributed by atoms with Crippen LogP contribution in [-0.2, 0) is 11.8 Å². The number of anilines is 1. The average Bonchev–Trinajstić information content (AvgIpc) is 2.65. The van der Waals surface area contributed by atoms with Crippen LogP contribution in [0.1, 0.15) is 12.8 Å². The zero-order valence-electron chi connectivity index (χ0n) is 9.27. The Labute approximate surface area is 101 Å². The molecule has 0 saturated carbocycles. The van der Waals surface area contributed by atoms with Crippen molar-refractivity contribution in [1.29, 1.82) is 0 Å². The van der Waals surface area contributed by atoms with E-state index in [9.17, 15) is 4.79 Å². The molecule has 0 spiro atoms. The summed E-state index contributed by atoms with van der Waals surface area (Å²) in [7, 11) is 1.83. The van der Waals surface area contributed by atoms with Gasteiger partial charge in [-0.05, 0) is 19.4 Å². The quantitative estimate of drug-likeness (QED) is 0.809. The van der Waals surface area contributed by atoms with Gasteiger partial charge in [0.1, 0.15) is 0 Å². The number of hydrogen-bond donors (Lipinski definition) is 2. The number of piperidine rings is 1. The number of halogens is 1. The molecule has 1 aliphatic heterocycles. The van der Waals surface area contributed by atoms with E-state index >= 15 is 0 Å². The van der Waals surface area contributed by atoms with Crippen LogP contribution in [0.25, 0.3) is 0 Å². The van der Waals surface area contributed by atoms with Crippen molar-refractivity contribution in [3.8, 4) is 0 Å². The van der Waals surface area contributed by atoms with Gasteiger partial charge in [0.15, 0.2) is 0 Å². The van der Waals surface area contributed by atoms with Gasteiger partial charge in [0.05, 0.1) is 17.8 Å². The highest BCUT2D eigenvalue weighted by atomic mass is 35.5. The first-order valence-corrected chi connectivity index (χ1v) is 5.26. The lowest BCUT2D eigenvalue weighted by atomic mass is 9.99. The molecular weight excluding hydrogens is 228 g/mol. The predicted octanol–water partition coefficient (Wildman–Crippen LogP) is 0.780. The second-order valence-electron chi connectivity index (χ2n) is 3.94. The van der Waals surface area contributed by atoms with Crippen LogP contribution in [0.15, 0.2) is 12.4 Å². The molecule has 16 heavy (non-hydrogen) atoms. The molecular formula is C10H17ClN4O. The average molecular weight is 245 g/mol. The van der Waals surface area contributed by atoms with Gasteiger partial charge in [-0.3, -0.25) is 9.48 Å². The SMILES string of the molecule is Cl.Cn1cc(NC(=O)C2CCCNC2)cn1. The summed E-state index contributed by atoms with van der Waals surface area (Å²) in [6.45, 7) is 1.81. The Kier molecular flexibility index (Phi) is 4.76. The zero-order chi connectivity index (χ0) is 10.7. The van der Waals surface area contributed by atoms with Crippen LogP contribution in [0.5, 0.6) is 0 Å². The molecule has 1 aliphatic rings. The van der Waals surface area contributed by atoms with E-state index < -0.39 is 0 Å². The van der Waals surface area contributed by atoms with E-state index in [4.69, 9.17) is 0 Å². The van der Waals surface area contributed by atoms with E-state index in [1.807, 2.05) is 7.05 Å². The minimum Gasteiger partial charge on any atom is -0.323 e. The summed E-state index contributed by atoms with van der Waals surface area (Å²) in [5, 5.41) is 10.1. The maximum Gasteiger partial charge on any atom is 0.228 e. The van der Waals surface area contributed by atoms with Gasteiger partial charge in [0.25, 0.3) is 0 Å².